The van der Waals surface area contributed by atoms with Gasteiger partial charge >= 0.3 is 0 Å². The predicted molar refractivity (Wildman–Crippen MR) is 71.6 cm³/mol. The topological polar surface area (TPSA) is 55.1 Å². The van der Waals surface area contributed by atoms with Crippen molar-refractivity contribution >= 4 is 16.7 Å². The van der Waals surface area contributed by atoms with E-state index in [9.17, 15) is 4.79 Å². The van der Waals surface area contributed by atoms with Crippen LogP contribution in [0.5, 0.6) is 0 Å². The fourth-order valence-electron chi connectivity index (χ4n) is 2.04. The van der Waals surface area contributed by atoms with E-state index in [1.807, 2.05) is 24.3 Å². The average molecular weight is 252 g/mol. The molecule has 0 unspecified atom stereocenters. The molecule has 0 aliphatic carbocycles. The molecular weight excluding hydrogens is 240 g/mol. The highest BCUT2D eigenvalue weighted by Gasteiger charge is 2.08. The van der Waals surface area contributed by atoms with Gasteiger partial charge in [0.05, 0.1) is 11.8 Å². The lowest BCUT2D eigenvalue weighted by Crippen LogP contribution is -2.22. The summed E-state index contributed by atoms with van der Waals surface area (Å²) in [6, 6.07) is 14.2. The van der Waals surface area contributed by atoms with Gasteiger partial charge < -0.3 is 9.84 Å². The molecule has 1 aromatic heterocycles. The highest BCUT2D eigenvalue weighted by atomic mass is 16.5. The summed E-state index contributed by atoms with van der Waals surface area (Å²) in [7, 11) is 0. The van der Waals surface area contributed by atoms with Crippen LogP contribution in [0.3, 0.4) is 0 Å². The number of rotatable bonds is 3. The largest absolute Gasteiger partial charge is 0.364 e. The summed E-state index contributed by atoms with van der Waals surface area (Å²) in [4.78, 5) is 11.8. The predicted octanol–water partition coefficient (Wildman–Crippen LogP) is 2.76. The number of hydrogen-bond donors (Lipinski definition) is 1. The van der Waals surface area contributed by atoms with Gasteiger partial charge in [-0.3, -0.25) is 4.79 Å². The van der Waals surface area contributed by atoms with Gasteiger partial charge in [0.1, 0.15) is 6.26 Å². The summed E-state index contributed by atoms with van der Waals surface area (Å²) in [6.45, 7) is 0.478. The first-order valence-corrected chi connectivity index (χ1v) is 5.99. The Morgan fingerprint density at radius 2 is 2.00 bits per heavy atom. The Labute approximate surface area is 110 Å². The quantitative estimate of drug-likeness (QED) is 0.779. The number of carbonyl (C=O) groups excluding carboxylic acids is 1. The van der Waals surface area contributed by atoms with Crippen molar-refractivity contribution in [3.8, 4) is 0 Å². The lowest BCUT2D eigenvalue weighted by atomic mass is 10.0. The van der Waals surface area contributed by atoms with Crippen LogP contribution < -0.4 is 5.32 Å². The van der Waals surface area contributed by atoms with Crippen LogP contribution in [0.1, 0.15) is 15.9 Å². The number of benzene rings is 2. The molecule has 1 N–H and O–H groups in total. The van der Waals surface area contributed by atoms with Crippen LogP contribution in [-0.2, 0) is 6.54 Å². The van der Waals surface area contributed by atoms with Crippen molar-refractivity contribution < 1.29 is 9.32 Å². The SMILES string of the molecule is O=C(NCc1cccc2ccccc12)c1cnoc1. The third kappa shape index (κ3) is 2.33. The molecule has 0 radical (unpaired) electrons. The molecule has 0 aliphatic rings. The number of nitrogens with one attached hydrogen (secondary N) is 1. The van der Waals surface area contributed by atoms with Crippen molar-refractivity contribution in [3.05, 3.63) is 66.1 Å². The highest BCUT2D eigenvalue weighted by Crippen LogP contribution is 2.18. The van der Waals surface area contributed by atoms with E-state index >= 15 is 0 Å². The van der Waals surface area contributed by atoms with E-state index in [1.54, 1.807) is 0 Å². The third-order valence-corrected chi connectivity index (χ3v) is 3.01. The van der Waals surface area contributed by atoms with Crippen LogP contribution in [0.15, 0.2) is 59.4 Å². The zero-order chi connectivity index (χ0) is 13.1. The molecular formula is C15H12N2O2. The number of carbonyl (C=O) groups is 1. The molecule has 4 heteroatoms. The van der Waals surface area contributed by atoms with Crippen molar-refractivity contribution in [2.45, 2.75) is 6.54 Å². The standard InChI is InChI=1S/C15H12N2O2/c18-15(13-9-17-19-10-13)16-8-12-6-3-5-11-4-1-2-7-14(11)12/h1-7,9-10H,8H2,(H,16,18). The van der Waals surface area contributed by atoms with Gasteiger partial charge in [-0.1, -0.05) is 47.6 Å². The van der Waals surface area contributed by atoms with E-state index < -0.39 is 0 Å². The van der Waals surface area contributed by atoms with Gasteiger partial charge in [0.15, 0.2) is 0 Å². The number of fused-ring (bicyclic) bond motifs is 1. The van der Waals surface area contributed by atoms with Crippen LogP contribution >= 0.6 is 0 Å². The molecule has 1 heterocycles. The molecule has 0 saturated carbocycles. The van der Waals surface area contributed by atoms with Crippen molar-refractivity contribution in [2.24, 2.45) is 0 Å². The van der Waals surface area contributed by atoms with E-state index in [2.05, 4.69) is 33.2 Å². The van der Waals surface area contributed by atoms with Gasteiger partial charge in [0.2, 0.25) is 0 Å². The second-order valence-corrected chi connectivity index (χ2v) is 4.23. The minimum atomic E-state index is -0.186. The average Bonchev–Trinajstić information content (AvgIpc) is 2.99. The first-order valence-electron chi connectivity index (χ1n) is 5.99. The fourth-order valence-corrected chi connectivity index (χ4v) is 2.04. The molecule has 1 amide bonds. The van der Waals surface area contributed by atoms with Gasteiger partial charge in [0, 0.05) is 6.54 Å². The number of hydrogen-bond acceptors (Lipinski definition) is 3. The van der Waals surface area contributed by atoms with Gasteiger partial charge in [-0.25, -0.2) is 0 Å². The molecule has 0 bridgehead atoms. The summed E-state index contributed by atoms with van der Waals surface area (Å²) >= 11 is 0. The zero-order valence-corrected chi connectivity index (χ0v) is 10.2. The smallest absolute Gasteiger partial charge is 0.256 e. The molecule has 19 heavy (non-hydrogen) atoms. The number of aromatic nitrogens is 1. The van der Waals surface area contributed by atoms with Gasteiger partial charge in [0.25, 0.3) is 5.91 Å². The van der Waals surface area contributed by atoms with E-state index in [0.29, 0.717) is 12.1 Å². The summed E-state index contributed by atoms with van der Waals surface area (Å²) in [5, 5.41) is 8.68. The van der Waals surface area contributed by atoms with Crippen LogP contribution in [0.4, 0.5) is 0 Å². The molecule has 0 saturated heterocycles. The minimum Gasteiger partial charge on any atom is -0.364 e. The molecule has 2 aromatic carbocycles. The lowest BCUT2D eigenvalue weighted by Gasteiger charge is -2.07. The van der Waals surface area contributed by atoms with Gasteiger partial charge in [-0.15, -0.1) is 0 Å². The summed E-state index contributed by atoms with van der Waals surface area (Å²) in [6.07, 6.45) is 2.73. The number of amides is 1. The Balaban J connectivity index is 1.81. The van der Waals surface area contributed by atoms with E-state index in [-0.39, 0.29) is 5.91 Å². The molecule has 3 aromatic rings. The van der Waals surface area contributed by atoms with Crippen molar-refractivity contribution in [2.75, 3.05) is 0 Å². The molecule has 0 atom stereocenters. The molecule has 0 aliphatic heterocycles. The number of nitrogens with zero attached hydrogens (tertiary/aromatic N) is 1. The first-order chi connectivity index (χ1) is 9.34. The maximum Gasteiger partial charge on any atom is 0.256 e. The van der Waals surface area contributed by atoms with Crippen LogP contribution in [0.2, 0.25) is 0 Å². The van der Waals surface area contributed by atoms with Crippen molar-refractivity contribution in [3.63, 3.8) is 0 Å². The summed E-state index contributed by atoms with van der Waals surface area (Å²) in [5.41, 5.74) is 1.52. The van der Waals surface area contributed by atoms with Crippen LogP contribution in [-0.4, -0.2) is 11.1 Å². The monoisotopic (exact) mass is 252 g/mol. The Hall–Kier alpha value is -2.62. The highest BCUT2D eigenvalue weighted by molar-refractivity contribution is 5.94. The van der Waals surface area contributed by atoms with Crippen LogP contribution in [0.25, 0.3) is 10.8 Å². The van der Waals surface area contributed by atoms with Crippen molar-refractivity contribution in [1.82, 2.24) is 10.5 Å². The maximum absolute atomic E-state index is 11.8. The van der Waals surface area contributed by atoms with E-state index in [1.165, 1.54) is 17.8 Å². The summed E-state index contributed by atoms with van der Waals surface area (Å²) < 4.78 is 4.65. The Bertz CT molecular complexity index is 700. The van der Waals surface area contributed by atoms with Gasteiger partial charge in [-0.05, 0) is 16.3 Å². The molecule has 3 rings (SSSR count). The normalized spacial score (nSPS) is 10.5. The Morgan fingerprint density at radius 1 is 1.16 bits per heavy atom. The fraction of sp³-hybridized carbons (Fsp3) is 0.0667. The zero-order valence-electron chi connectivity index (χ0n) is 10.2. The van der Waals surface area contributed by atoms with Gasteiger partial charge in [-0.2, -0.15) is 0 Å². The van der Waals surface area contributed by atoms with E-state index in [4.69, 9.17) is 0 Å². The van der Waals surface area contributed by atoms with Crippen molar-refractivity contribution in [1.29, 1.82) is 0 Å². The van der Waals surface area contributed by atoms with Crippen LogP contribution in [0, 0.1) is 0 Å². The lowest BCUT2D eigenvalue weighted by molar-refractivity contribution is 0.0950. The first kappa shape index (κ1) is 11.5. The molecule has 4 nitrogen and oxygen atoms in total. The molecule has 94 valence electrons. The summed E-state index contributed by atoms with van der Waals surface area (Å²) in [5.74, 6) is -0.186. The Kier molecular flexibility index (Phi) is 2.98. The Morgan fingerprint density at radius 3 is 2.84 bits per heavy atom. The molecule has 0 fully saturated rings. The second kappa shape index (κ2) is 4.94. The molecule has 0 spiro atoms. The minimum absolute atomic E-state index is 0.186. The third-order valence-electron chi connectivity index (χ3n) is 3.01. The second-order valence-electron chi connectivity index (χ2n) is 4.23. The maximum atomic E-state index is 11.8. The van der Waals surface area contributed by atoms with E-state index in [0.717, 1.165) is 10.9 Å².